The average molecular weight is 314 g/mol. The van der Waals surface area contributed by atoms with E-state index < -0.39 is 10.0 Å². The molecule has 0 unspecified atom stereocenters. The van der Waals surface area contributed by atoms with Gasteiger partial charge in [-0.3, -0.25) is 4.79 Å². The lowest BCUT2D eigenvalue weighted by Gasteiger charge is -2.56. The van der Waals surface area contributed by atoms with E-state index in [1.807, 2.05) is 0 Å². The second kappa shape index (κ2) is 6.08. The summed E-state index contributed by atoms with van der Waals surface area (Å²) in [6, 6.07) is 0. The van der Waals surface area contributed by atoms with Gasteiger partial charge in [0.25, 0.3) is 0 Å². The van der Waals surface area contributed by atoms with Gasteiger partial charge in [0.2, 0.25) is 15.9 Å². The molecule has 0 aromatic rings. The minimum atomic E-state index is -3.21. The quantitative estimate of drug-likeness (QED) is 0.698. The van der Waals surface area contributed by atoms with Gasteiger partial charge in [-0.25, -0.2) is 13.1 Å². The molecule has 0 saturated heterocycles. The molecule has 3 rings (SSSR count). The molecule has 0 aromatic carbocycles. The third kappa shape index (κ3) is 4.07. The molecule has 2 bridgehead atoms. The molecule has 3 aliphatic carbocycles. The lowest BCUT2D eigenvalue weighted by molar-refractivity contribution is -0.120. The first-order chi connectivity index (χ1) is 9.70. The molecule has 0 aromatic heterocycles. The number of carbonyl (C=O) groups excluding carboxylic acids is 1. The Morgan fingerprint density at radius 1 is 1.38 bits per heavy atom. The molecule has 0 spiro atoms. The number of nitrogens with one attached hydrogen (secondary N) is 2. The van der Waals surface area contributed by atoms with Gasteiger partial charge >= 0.3 is 0 Å². The van der Waals surface area contributed by atoms with E-state index in [4.69, 9.17) is 0 Å². The summed E-state index contributed by atoms with van der Waals surface area (Å²) < 4.78 is 24.1. The van der Waals surface area contributed by atoms with Crippen molar-refractivity contribution in [3.05, 3.63) is 11.6 Å². The molecule has 0 aliphatic heterocycles. The summed E-state index contributed by atoms with van der Waals surface area (Å²) in [5.41, 5.74) is 1.91. The maximum Gasteiger partial charge on any atom is 0.221 e. The fourth-order valence-corrected chi connectivity index (χ4v) is 4.01. The van der Waals surface area contributed by atoms with Crippen molar-refractivity contribution in [1.82, 2.24) is 10.0 Å². The maximum atomic E-state index is 11.6. The van der Waals surface area contributed by atoms with Gasteiger partial charge in [-0.05, 0) is 36.5 Å². The van der Waals surface area contributed by atoms with E-state index in [-0.39, 0.29) is 18.9 Å². The van der Waals surface area contributed by atoms with Crippen molar-refractivity contribution >= 4 is 15.9 Å². The molecule has 6 heteroatoms. The standard InChI is InChI=1S/C15H26N2O3S/c1-15(2)12-5-4-11(13(15)10-12)6-8-16-14(18)7-9-17-21(3,19)20/h4,12-13,17H,5-10H2,1-3H3,(H,16,18)/t12-,13-/m0/s1. The number of carbonyl (C=O) groups is 1. The lowest BCUT2D eigenvalue weighted by Crippen LogP contribution is -2.48. The number of hydrogen-bond donors (Lipinski definition) is 2. The lowest BCUT2D eigenvalue weighted by atomic mass is 9.48. The fourth-order valence-electron chi connectivity index (χ4n) is 3.54. The van der Waals surface area contributed by atoms with Crippen molar-refractivity contribution in [3.63, 3.8) is 0 Å². The highest BCUT2D eigenvalue weighted by atomic mass is 32.2. The van der Waals surface area contributed by atoms with E-state index in [0.29, 0.717) is 17.9 Å². The molecule has 2 atom stereocenters. The zero-order valence-corrected chi connectivity index (χ0v) is 13.9. The second-order valence-electron chi connectivity index (χ2n) is 6.84. The van der Waals surface area contributed by atoms with Crippen LogP contribution in [-0.2, 0) is 14.8 Å². The van der Waals surface area contributed by atoms with Crippen LogP contribution in [0.2, 0.25) is 0 Å². The zero-order valence-electron chi connectivity index (χ0n) is 13.1. The summed E-state index contributed by atoms with van der Waals surface area (Å²) in [5.74, 6) is 1.41. The van der Waals surface area contributed by atoms with Crippen LogP contribution in [0.5, 0.6) is 0 Å². The van der Waals surface area contributed by atoms with E-state index in [2.05, 4.69) is 30.0 Å². The number of hydrogen-bond acceptors (Lipinski definition) is 3. The Morgan fingerprint density at radius 3 is 2.67 bits per heavy atom. The van der Waals surface area contributed by atoms with Crippen LogP contribution in [0.1, 0.15) is 39.5 Å². The number of rotatable bonds is 7. The van der Waals surface area contributed by atoms with Crippen LogP contribution in [0, 0.1) is 17.3 Å². The first-order valence-corrected chi connectivity index (χ1v) is 9.49. The van der Waals surface area contributed by atoms with E-state index in [9.17, 15) is 13.2 Å². The van der Waals surface area contributed by atoms with Gasteiger partial charge in [-0.2, -0.15) is 0 Å². The van der Waals surface area contributed by atoms with Gasteiger partial charge in [-0.15, -0.1) is 0 Å². The molecule has 2 N–H and O–H groups in total. The van der Waals surface area contributed by atoms with Crippen LogP contribution < -0.4 is 10.0 Å². The summed E-state index contributed by atoms with van der Waals surface area (Å²) in [6.07, 6.45) is 7.00. The van der Waals surface area contributed by atoms with Crippen molar-refractivity contribution in [2.24, 2.45) is 17.3 Å². The maximum absolute atomic E-state index is 11.6. The largest absolute Gasteiger partial charge is 0.356 e. The smallest absolute Gasteiger partial charge is 0.221 e. The highest BCUT2D eigenvalue weighted by molar-refractivity contribution is 7.88. The monoisotopic (exact) mass is 314 g/mol. The second-order valence-corrected chi connectivity index (χ2v) is 8.67. The van der Waals surface area contributed by atoms with Crippen LogP contribution >= 0.6 is 0 Å². The number of sulfonamides is 1. The Balaban J connectivity index is 1.66. The molecule has 0 heterocycles. The van der Waals surface area contributed by atoms with Gasteiger partial charge in [0.05, 0.1) is 6.26 Å². The summed E-state index contributed by atoms with van der Waals surface area (Å²) in [5, 5.41) is 2.87. The summed E-state index contributed by atoms with van der Waals surface area (Å²) in [7, 11) is -3.21. The summed E-state index contributed by atoms with van der Waals surface area (Å²) in [6.45, 7) is 5.48. The Morgan fingerprint density at radius 2 is 2.10 bits per heavy atom. The summed E-state index contributed by atoms with van der Waals surface area (Å²) in [4.78, 5) is 11.6. The first kappa shape index (κ1) is 16.5. The predicted octanol–water partition coefficient (Wildman–Crippen LogP) is 1.42. The molecule has 21 heavy (non-hydrogen) atoms. The van der Waals surface area contributed by atoms with Crippen LogP contribution in [0.15, 0.2) is 11.6 Å². The van der Waals surface area contributed by atoms with Crippen molar-refractivity contribution < 1.29 is 13.2 Å². The number of fused-ring (bicyclic) bond motifs is 1. The van der Waals surface area contributed by atoms with Crippen LogP contribution in [0.4, 0.5) is 0 Å². The predicted molar refractivity (Wildman–Crippen MR) is 83.2 cm³/mol. The van der Waals surface area contributed by atoms with Crippen LogP contribution in [0.3, 0.4) is 0 Å². The molecule has 120 valence electrons. The molecule has 1 amide bonds. The number of allylic oxidation sites excluding steroid dienone is 1. The molecule has 5 nitrogen and oxygen atoms in total. The topological polar surface area (TPSA) is 75.3 Å². The Kier molecular flexibility index (Phi) is 4.78. The normalized spacial score (nSPS) is 26.7. The average Bonchev–Trinajstić information content (AvgIpc) is 2.37. The Labute approximate surface area is 127 Å². The Bertz CT molecular complexity index is 537. The molecule has 1 saturated carbocycles. The summed E-state index contributed by atoms with van der Waals surface area (Å²) >= 11 is 0. The van der Waals surface area contributed by atoms with Gasteiger partial charge in [0.1, 0.15) is 0 Å². The highest BCUT2D eigenvalue weighted by Gasteiger charge is 2.50. The van der Waals surface area contributed by atoms with Crippen molar-refractivity contribution in [1.29, 1.82) is 0 Å². The minimum absolute atomic E-state index is 0.103. The number of amides is 1. The van der Waals surface area contributed by atoms with Crippen LogP contribution in [0.25, 0.3) is 0 Å². The Hall–Kier alpha value is -0.880. The molecule has 3 aliphatic rings. The van der Waals surface area contributed by atoms with Gasteiger partial charge in [0.15, 0.2) is 0 Å². The highest BCUT2D eigenvalue weighted by Crippen LogP contribution is 2.59. The van der Waals surface area contributed by atoms with E-state index in [1.165, 1.54) is 18.4 Å². The van der Waals surface area contributed by atoms with Gasteiger partial charge < -0.3 is 5.32 Å². The zero-order chi connectivity index (χ0) is 15.7. The van der Waals surface area contributed by atoms with E-state index in [1.54, 1.807) is 0 Å². The molecule has 1 fully saturated rings. The van der Waals surface area contributed by atoms with Crippen molar-refractivity contribution in [2.75, 3.05) is 19.3 Å². The first-order valence-electron chi connectivity index (χ1n) is 7.60. The fraction of sp³-hybridized carbons (Fsp3) is 0.800. The molecular formula is C15H26N2O3S. The minimum Gasteiger partial charge on any atom is -0.356 e. The third-order valence-corrected chi connectivity index (χ3v) is 5.76. The van der Waals surface area contributed by atoms with E-state index >= 15 is 0 Å². The van der Waals surface area contributed by atoms with Crippen molar-refractivity contribution in [3.8, 4) is 0 Å². The molecule has 0 radical (unpaired) electrons. The van der Waals surface area contributed by atoms with Gasteiger partial charge in [-0.1, -0.05) is 25.5 Å². The van der Waals surface area contributed by atoms with E-state index in [0.717, 1.165) is 18.6 Å². The van der Waals surface area contributed by atoms with Crippen molar-refractivity contribution in [2.45, 2.75) is 39.5 Å². The SMILES string of the molecule is CC1(C)[C@H]2CC=C(CCNC(=O)CCNS(C)(=O)=O)[C@@H]1C2. The van der Waals surface area contributed by atoms with Gasteiger partial charge in [0, 0.05) is 19.5 Å². The molecular weight excluding hydrogens is 288 g/mol. The van der Waals surface area contributed by atoms with Crippen LogP contribution in [-0.4, -0.2) is 33.7 Å². The third-order valence-electron chi connectivity index (χ3n) is 5.03.